The van der Waals surface area contributed by atoms with E-state index < -0.39 is 0 Å². The van der Waals surface area contributed by atoms with Gasteiger partial charge in [0.15, 0.2) is 5.82 Å². The molecular formula is C19H24N4O3. The number of aromatic nitrogens is 3. The van der Waals surface area contributed by atoms with Crippen molar-refractivity contribution < 1.29 is 14.1 Å². The number of methoxy groups -OCH3 is 1. The molecule has 0 aromatic carbocycles. The molecule has 138 valence electrons. The van der Waals surface area contributed by atoms with Gasteiger partial charge in [-0.1, -0.05) is 5.16 Å². The van der Waals surface area contributed by atoms with Gasteiger partial charge in [0.05, 0.1) is 5.56 Å². The molecule has 2 aromatic heterocycles. The molecule has 7 heteroatoms. The van der Waals surface area contributed by atoms with E-state index in [1.807, 2.05) is 11.0 Å². The van der Waals surface area contributed by atoms with Crippen LogP contribution in [0.2, 0.25) is 0 Å². The molecule has 2 aliphatic rings. The zero-order valence-corrected chi connectivity index (χ0v) is 15.1. The minimum absolute atomic E-state index is 0.0326. The van der Waals surface area contributed by atoms with Crippen LogP contribution in [0.3, 0.4) is 0 Å². The van der Waals surface area contributed by atoms with Gasteiger partial charge in [0.2, 0.25) is 5.89 Å². The molecule has 1 amide bonds. The topological polar surface area (TPSA) is 81.4 Å². The Labute approximate surface area is 152 Å². The number of carbonyl (C=O) groups excluding carboxylic acids is 1. The highest BCUT2D eigenvalue weighted by Gasteiger charge is 2.42. The Balaban J connectivity index is 1.49. The van der Waals surface area contributed by atoms with E-state index >= 15 is 0 Å². The number of pyridine rings is 1. The number of hydrogen-bond donors (Lipinski definition) is 0. The molecule has 4 rings (SSSR count). The van der Waals surface area contributed by atoms with Gasteiger partial charge in [0.25, 0.3) is 5.91 Å². The molecule has 2 fully saturated rings. The second kappa shape index (κ2) is 7.15. The van der Waals surface area contributed by atoms with Gasteiger partial charge in [0, 0.05) is 50.5 Å². The summed E-state index contributed by atoms with van der Waals surface area (Å²) in [6.45, 7) is 1.99. The minimum Gasteiger partial charge on any atom is -0.385 e. The summed E-state index contributed by atoms with van der Waals surface area (Å²) in [6.07, 6.45) is 8.03. The first-order chi connectivity index (χ1) is 12.7. The number of hydrogen-bond acceptors (Lipinski definition) is 6. The number of ether oxygens (including phenoxy) is 1. The molecule has 2 aromatic rings. The molecule has 3 heterocycles. The van der Waals surface area contributed by atoms with Crippen LogP contribution in [0, 0.1) is 0 Å². The van der Waals surface area contributed by atoms with Gasteiger partial charge in [0.1, 0.15) is 0 Å². The van der Waals surface area contributed by atoms with E-state index in [2.05, 4.69) is 10.1 Å². The van der Waals surface area contributed by atoms with Crippen molar-refractivity contribution in [1.29, 1.82) is 0 Å². The molecule has 7 nitrogen and oxygen atoms in total. The number of likely N-dealkylation sites (tertiary alicyclic amines) is 1. The van der Waals surface area contributed by atoms with Crippen LogP contribution in [-0.4, -0.2) is 52.7 Å². The summed E-state index contributed by atoms with van der Waals surface area (Å²) in [6, 6.07) is 3.60. The van der Waals surface area contributed by atoms with Crippen LogP contribution in [0.25, 0.3) is 0 Å². The third-order valence-corrected chi connectivity index (χ3v) is 5.54. The zero-order chi connectivity index (χ0) is 18.0. The minimum atomic E-state index is -0.182. The number of rotatable bonds is 6. The standard InChI is InChI=1S/C19H24N4O3/c1-25-12-8-19(18-21-16(26-22-18)14-4-5-14)6-10-23(11-7-19)17(24)15-3-2-9-20-13-15/h2-3,9,13-14H,4-8,10-12H2,1H3. The van der Waals surface area contributed by atoms with E-state index in [0.29, 0.717) is 31.2 Å². The van der Waals surface area contributed by atoms with Gasteiger partial charge >= 0.3 is 0 Å². The summed E-state index contributed by atoms with van der Waals surface area (Å²) in [5.41, 5.74) is 0.450. The van der Waals surface area contributed by atoms with E-state index in [1.54, 1.807) is 25.6 Å². The van der Waals surface area contributed by atoms with Crippen molar-refractivity contribution in [1.82, 2.24) is 20.0 Å². The van der Waals surface area contributed by atoms with Gasteiger partial charge in [-0.3, -0.25) is 9.78 Å². The molecule has 26 heavy (non-hydrogen) atoms. The summed E-state index contributed by atoms with van der Waals surface area (Å²) in [5.74, 6) is 2.03. The molecule has 0 atom stereocenters. The second-order valence-corrected chi connectivity index (χ2v) is 7.29. The van der Waals surface area contributed by atoms with Crippen LogP contribution >= 0.6 is 0 Å². The first kappa shape index (κ1) is 17.1. The number of amides is 1. The van der Waals surface area contributed by atoms with Gasteiger partial charge in [-0.25, -0.2) is 0 Å². The van der Waals surface area contributed by atoms with Crippen molar-refractivity contribution in [3.8, 4) is 0 Å². The van der Waals surface area contributed by atoms with Crippen molar-refractivity contribution in [3.05, 3.63) is 41.8 Å². The Hall–Kier alpha value is -2.28. The number of piperidine rings is 1. The fourth-order valence-electron chi connectivity index (χ4n) is 3.64. The van der Waals surface area contributed by atoms with Crippen molar-refractivity contribution in [2.75, 3.05) is 26.8 Å². The molecule has 1 saturated heterocycles. The van der Waals surface area contributed by atoms with Gasteiger partial charge in [-0.15, -0.1) is 0 Å². The molecule has 0 spiro atoms. The van der Waals surface area contributed by atoms with Crippen LogP contribution in [0.1, 0.15) is 60.1 Å². The van der Waals surface area contributed by atoms with Crippen molar-refractivity contribution in [3.63, 3.8) is 0 Å². The maximum absolute atomic E-state index is 12.7. The van der Waals surface area contributed by atoms with Crippen molar-refractivity contribution in [2.45, 2.75) is 43.4 Å². The van der Waals surface area contributed by atoms with E-state index in [-0.39, 0.29) is 11.3 Å². The third kappa shape index (κ3) is 3.35. The predicted molar refractivity (Wildman–Crippen MR) is 93.8 cm³/mol. The molecule has 0 bridgehead atoms. The Kier molecular flexibility index (Phi) is 4.72. The van der Waals surface area contributed by atoms with E-state index in [1.165, 1.54) is 0 Å². The lowest BCUT2D eigenvalue weighted by atomic mass is 9.75. The molecule has 0 N–H and O–H groups in total. The van der Waals surface area contributed by atoms with Crippen LogP contribution in [0.5, 0.6) is 0 Å². The Bertz CT molecular complexity index is 749. The summed E-state index contributed by atoms with van der Waals surface area (Å²) < 4.78 is 10.8. The molecule has 0 unspecified atom stereocenters. The molecule has 1 aliphatic heterocycles. The van der Waals surface area contributed by atoms with Crippen molar-refractivity contribution in [2.24, 2.45) is 0 Å². The summed E-state index contributed by atoms with van der Waals surface area (Å²) in [4.78, 5) is 23.3. The van der Waals surface area contributed by atoms with Crippen LogP contribution < -0.4 is 0 Å². The fourth-order valence-corrected chi connectivity index (χ4v) is 3.64. The Morgan fingerprint density at radius 3 is 2.85 bits per heavy atom. The molecule has 1 saturated carbocycles. The van der Waals surface area contributed by atoms with E-state index in [4.69, 9.17) is 14.2 Å². The lowest BCUT2D eigenvalue weighted by molar-refractivity contribution is 0.0616. The first-order valence-corrected chi connectivity index (χ1v) is 9.24. The maximum atomic E-state index is 12.7. The quantitative estimate of drug-likeness (QED) is 0.791. The average Bonchev–Trinajstić information content (AvgIpc) is 3.43. The maximum Gasteiger partial charge on any atom is 0.255 e. The highest BCUT2D eigenvalue weighted by atomic mass is 16.5. The van der Waals surface area contributed by atoms with E-state index in [9.17, 15) is 4.79 Å². The van der Waals surface area contributed by atoms with Crippen LogP contribution in [0.4, 0.5) is 0 Å². The van der Waals surface area contributed by atoms with Gasteiger partial charge in [-0.2, -0.15) is 4.98 Å². The van der Waals surface area contributed by atoms with Crippen LogP contribution in [0.15, 0.2) is 29.0 Å². The average molecular weight is 356 g/mol. The smallest absolute Gasteiger partial charge is 0.255 e. The van der Waals surface area contributed by atoms with E-state index in [0.717, 1.165) is 43.8 Å². The Morgan fingerprint density at radius 1 is 1.38 bits per heavy atom. The second-order valence-electron chi connectivity index (χ2n) is 7.29. The molecule has 0 radical (unpaired) electrons. The fraction of sp³-hybridized carbons (Fsp3) is 0.579. The lowest BCUT2D eigenvalue weighted by Crippen LogP contribution is -2.46. The highest BCUT2D eigenvalue weighted by molar-refractivity contribution is 5.93. The monoisotopic (exact) mass is 356 g/mol. The largest absolute Gasteiger partial charge is 0.385 e. The lowest BCUT2D eigenvalue weighted by Gasteiger charge is -2.39. The Morgan fingerprint density at radius 2 is 2.19 bits per heavy atom. The van der Waals surface area contributed by atoms with Gasteiger partial charge < -0.3 is 14.2 Å². The summed E-state index contributed by atoms with van der Waals surface area (Å²) in [5, 5.41) is 4.30. The third-order valence-electron chi connectivity index (χ3n) is 5.54. The first-order valence-electron chi connectivity index (χ1n) is 9.24. The van der Waals surface area contributed by atoms with Crippen molar-refractivity contribution >= 4 is 5.91 Å². The predicted octanol–water partition coefficient (Wildman–Crippen LogP) is 2.55. The summed E-state index contributed by atoms with van der Waals surface area (Å²) >= 11 is 0. The van der Waals surface area contributed by atoms with Crippen LogP contribution in [-0.2, 0) is 10.2 Å². The summed E-state index contributed by atoms with van der Waals surface area (Å²) in [7, 11) is 1.71. The number of carbonyl (C=O) groups is 1. The SMILES string of the molecule is COCCC1(c2noc(C3CC3)n2)CCN(C(=O)c2cccnc2)CC1. The molecular weight excluding hydrogens is 332 g/mol. The number of nitrogens with zero attached hydrogens (tertiary/aromatic N) is 4. The normalized spacial score (nSPS) is 19.5. The zero-order valence-electron chi connectivity index (χ0n) is 15.1. The van der Waals surface area contributed by atoms with Gasteiger partial charge in [-0.05, 0) is 44.2 Å². The highest BCUT2D eigenvalue weighted by Crippen LogP contribution is 2.42. The molecule has 1 aliphatic carbocycles.